The summed E-state index contributed by atoms with van der Waals surface area (Å²) < 4.78 is 5.94. The molecule has 1 amide bonds. The summed E-state index contributed by atoms with van der Waals surface area (Å²) in [6.07, 6.45) is 0.267. The van der Waals surface area contributed by atoms with E-state index in [-0.39, 0.29) is 49.2 Å². The van der Waals surface area contributed by atoms with Crippen LogP contribution in [0.1, 0.15) is 24.2 Å². The van der Waals surface area contributed by atoms with Crippen LogP contribution in [0.3, 0.4) is 0 Å². The van der Waals surface area contributed by atoms with Crippen molar-refractivity contribution in [3.05, 3.63) is 29.8 Å². The average Bonchev–Trinajstić information content (AvgIpc) is 2.62. The Morgan fingerprint density at radius 1 is 1.11 bits per heavy atom. The monoisotopic (exact) mass is 454 g/mol. The molecule has 9 heteroatoms. The van der Waals surface area contributed by atoms with Crippen molar-refractivity contribution in [2.75, 3.05) is 58.2 Å². The number of rotatable bonds is 4. The first-order valence-electron chi connectivity index (χ1n) is 9.26. The van der Waals surface area contributed by atoms with Crippen LogP contribution in [0.2, 0.25) is 0 Å². The number of nitrogens with two attached hydrogens (primary N) is 1. The fourth-order valence-corrected chi connectivity index (χ4v) is 3.61. The van der Waals surface area contributed by atoms with Gasteiger partial charge in [0, 0.05) is 57.5 Å². The lowest BCUT2D eigenvalue weighted by molar-refractivity contribution is -0.0555. The van der Waals surface area contributed by atoms with Crippen LogP contribution in [0.15, 0.2) is 24.3 Å². The highest BCUT2D eigenvalue weighted by Gasteiger charge is 2.27. The van der Waals surface area contributed by atoms with Gasteiger partial charge in [-0.2, -0.15) is 0 Å². The minimum absolute atomic E-state index is 0. The van der Waals surface area contributed by atoms with Crippen LogP contribution in [0.25, 0.3) is 0 Å². The van der Waals surface area contributed by atoms with E-state index in [0.29, 0.717) is 17.3 Å². The molecule has 2 N–H and O–H groups in total. The molecule has 0 aromatic heterocycles. The smallest absolute Gasteiger partial charge is 0.256 e. The molecule has 3 rings (SSSR count). The number of benzene rings is 1. The summed E-state index contributed by atoms with van der Waals surface area (Å²) in [5.41, 5.74) is 7.10. The molecule has 28 heavy (non-hydrogen) atoms. The van der Waals surface area contributed by atoms with Crippen molar-refractivity contribution >= 4 is 48.8 Å². The number of amides is 1. The number of morpholine rings is 1. The maximum atomic E-state index is 12.6. The molecule has 2 aliphatic heterocycles. The zero-order valence-corrected chi connectivity index (χ0v) is 19.0. The number of nitrogen functional groups attached to an aromatic ring is 1. The van der Waals surface area contributed by atoms with Crippen molar-refractivity contribution in [1.82, 2.24) is 14.7 Å². The standard InChI is InChI=1S/C19H30N4O2.3ClH/c1-15(2)23-11-12-25-16(14-23)13-21-7-9-22(10-8-21)19(24)17-5-3-4-6-18(17)20;;;/h3-6,15-16H,7-14,20H2,1-2H3;3*1H. The third kappa shape index (κ3) is 6.94. The first-order valence-corrected chi connectivity index (χ1v) is 9.26. The lowest BCUT2D eigenvalue weighted by Gasteiger charge is -2.40. The Bertz CT molecular complexity index is 598. The van der Waals surface area contributed by atoms with Gasteiger partial charge in [-0.05, 0) is 26.0 Å². The van der Waals surface area contributed by atoms with E-state index in [1.807, 2.05) is 17.0 Å². The van der Waals surface area contributed by atoms with Gasteiger partial charge >= 0.3 is 0 Å². The van der Waals surface area contributed by atoms with Gasteiger partial charge in [-0.3, -0.25) is 14.6 Å². The Morgan fingerprint density at radius 2 is 1.75 bits per heavy atom. The van der Waals surface area contributed by atoms with E-state index in [0.717, 1.165) is 52.4 Å². The number of ether oxygens (including phenoxy) is 1. The van der Waals surface area contributed by atoms with Crippen LogP contribution >= 0.6 is 37.2 Å². The lowest BCUT2D eigenvalue weighted by Crippen LogP contribution is -2.54. The maximum absolute atomic E-state index is 12.6. The van der Waals surface area contributed by atoms with Gasteiger partial charge in [0.05, 0.1) is 18.3 Å². The van der Waals surface area contributed by atoms with E-state index in [1.165, 1.54) is 0 Å². The molecule has 1 atom stereocenters. The molecule has 6 nitrogen and oxygen atoms in total. The van der Waals surface area contributed by atoms with E-state index in [9.17, 15) is 4.79 Å². The third-order valence-corrected chi connectivity index (χ3v) is 5.21. The number of hydrogen-bond donors (Lipinski definition) is 1. The summed E-state index contributed by atoms with van der Waals surface area (Å²) in [4.78, 5) is 19.4. The van der Waals surface area contributed by atoms with Gasteiger partial charge in [-0.25, -0.2) is 0 Å². The quantitative estimate of drug-likeness (QED) is 0.706. The Hall–Kier alpha value is -0.760. The lowest BCUT2D eigenvalue weighted by atomic mass is 10.1. The average molecular weight is 456 g/mol. The summed E-state index contributed by atoms with van der Waals surface area (Å²) in [7, 11) is 0. The second-order valence-electron chi connectivity index (χ2n) is 7.26. The van der Waals surface area contributed by atoms with Crippen molar-refractivity contribution in [3.63, 3.8) is 0 Å². The molecule has 0 radical (unpaired) electrons. The molecular formula is C19H33Cl3N4O2. The molecule has 1 unspecified atom stereocenters. The van der Waals surface area contributed by atoms with Crippen molar-refractivity contribution in [2.24, 2.45) is 0 Å². The normalized spacial score (nSPS) is 20.7. The van der Waals surface area contributed by atoms with E-state index < -0.39 is 0 Å². The highest BCUT2D eigenvalue weighted by molar-refractivity contribution is 5.99. The number of carbonyl (C=O) groups is 1. The van der Waals surface area contributed by atoms with Crippen molar-refractivity contribution < 1.29 is 9.53 Å². The van der Waals surface area contributed by atoms with Gasteiger partial charge in [-0.1, -0.05) is 12.1 Å². The van der Waals surface area contributed by atoms with E-state index in [1.54, 1.807) is 12.1 Å². The zero-order valence-electron chi connectivity index (χ0n) is 16.6. The Labute approximate surface area is 187 Å². The Balaban J connectivity index is 0.00000243. The van der Waals surface area contributed by atoms with E-state index in [2.05, 4.69) is 23.6 Å². The van der Waals surface area contributed by atoms with Crippen LogP contribution in [0, 0.1) is 0 Å². The first-order chi connectivity index (χ1) is 12.0. The molecule has 2 fully saturated rings. The van der Waals surface area contributed by atoms with Gasteiger partial charge in [0.1, 0.15) is 0 Å². The van der Waals surface area contributed by atoms with Crippen LogP contribution in [-0.4, -0.2) is 85.2 Å². The zero-order chi connectivity index (χ0) is 17.8. The predicted molar refractivity (Wildman–Crippen MR) is 121 cm³/mol. The third-order valence-electron chi connectivity index (χ3n) is 5.21. The van der Waals surface area contributed by atoms with Gasteiger partial charge in [-0.15, -0.1) is 37.2 Å². The molecule has 1 aromatic rings. The number of anilines is 1. The SMILES string of the molecule is CC(C)N1CCOC(CN2CCN(C(=O)c3ccccc3N)CC2)C1.Cl.Cl.Cl. The fraction of sp³-hybridized carbons (Fsp3) is 0.632. The number of carbonyl (C=O) groups excluding carboxylic acids is 1. The maximum Gasteiger partial charge on any atom is 0.256 e. The first kappa shape index (κ1) is 27.2. The molecule has 0 bridgehead atoms. The molecule has 1 aromatic carbocycles. The van der Waals surface area contributed by atoms with Gasteiger partial charge < -0.3 is 15.4 Å². The summed E-state index contributed by atoms with van der Waals surface area (Å²) in [6.45, 7) is 11.5. The van der Waals surface area contributed by atoms with Gasteiger partial charge in [0.15, 0.2) is 0 Å². The number of nitrogens with zero attached hydrogens (tertiary/aromatic N) is 3. The largest absolute Gasteiger partial charge is 0.398 e. The number of para-hydroxylation sites is 1. The van der Waals surface area contributed by atoms with Crippen LogP contribution < -0.4 is 5.73 Å². The number of piperazine rings is 1. The summed E-state index contributed by atoms with van der Waals surface area (Å²) in [5, 5.41) is 0. The van der Waals surface area contributed by atoms with Gasteiger partial charge in [0.2, 0.25) is 0 Å². The second kappa shape index (κ2) is 12.7. The minimum atomic E-state index is 0. The summed E-state index contributed by atoms with van der Waals surface area (Å²) in [6, 6.07) is 7.87. The summed E-state index contributed by atoms with van der Waals surface area (Å²) >= 11 is 0. The Morgan fingerprint density at radius 3 is 2.36 bits per heavy atom. The van der Waals surface area contributed by atoms with Crippen LogP contribution in [-0.2, 0) is 4.74 Å². The molecule has 0 aliphatic carbocycles. The van der Waals surface area contributed by atoms with Crippen molar-refractivity contribution in [1.29, 1.82) is 0 Å². The van der Waals surface area contributed by atoms with E-state index in [4.69, 9.17) is 10.5 Å². The highest BCUT2D eigenvalue weighted by atomic mass is 35.5. The molecule has 2 saturated heterocycles. The molecule has 0 spiro atoms. The molecule has 0 saturated carbocycles. The van der Waals surface area contributed by atoms with Gasteiger partial charge in [0.25, 0.3) is 5.91 Å². The summed E-state index contributed by atoms with van der Waals surface area (Å²) in [5.74, 6) is 0.0395. The van der Waals surface area contributed by atoms with Crippen LogP contribution in [0.5, 0.6) is 0 Å². The van der Waals surface area contributed by atoms with Crippen molar-refractivity contribution in [3.8, 4) is 0 Å². The van der Waals surface area contributed by atoms with Crippen LogP contribution in [0.4, 0.5) is 5.69 Å². The predicted octanol–water partition coefficient (Wildman–Crippen LogP) is 2.40. The van der Waals surface area contributed by atoms with Crippen molar-refractivity contribution in [2.45, 2.75) is 26.0 Å². The minimum Gasteiger partial charge on any atom is -0.398 e. The molecule has 2 aliphatic rings. The molecule has 2 heterocycles. The fourth-order valence-electron chi connectivity index (χ4n) is 3.61. The Kier molecular flexibility index (Phi) is 12.4. The van der Waals surface area contributed by atoms with E-state index >= 15 is 0 Å². The number of hydrogen-bond acceptors (Lipinski definition) is 5. The number of halogens is 3. The molecule has 162 valence electrons. The highest BCUT2D eigenvalue weighted by Crippen LogP contribution is 2.16. The topological polar surface area (TPSA) is 62.0 Å². The second-order valence-corrected chi connectivity index (χ2v) is 7.26. The molecular weight excluding hydrogens is 423 g/mol.